The second kappa shape index (κ2) is 6.35. The van der Waals surface area contributed by atoms with Gasteiger partial charge in [0.25, 0.3) is 0 Å². The third-order valence-corrected chi connectivity index (χ3v) is 3.59. The van der Waals surface area contributed by atoms with Crippen LogP contribution in [0.1, 0.15) is 18.5 Å². The number of rotatable bonds is 4. The number of carbonyl (C=O) groups is 1. The van der Waals surface area contributed by atoms with E-state index in [2.05, 4.69) is 0 Å². The van der Waals surface area contributed by atoms with Gasteiger partial charge < -0.3 is 10.6 Å². The molecule has 2 aromatic rings. The second-order valence-corrected chi connectivity index (χ2v) is 4.96. The Kier molecular flexibility index (Phi) is 4.53. The molecule has 2 rings (SSSR count). The molecule has 0 aliphatic carbocycles. The highest BCUT2D eigenvalue weighted by Gasteiger charge is 2.25. The van der Waals surface area contributed by atoms with Crippen molar-refractivity contribution in [2.45, 2.75) is 13.0 Å². The standard InChI is InChI=1S/C17H20N2O/c1-13(16(18)14-9-5-3-6-10-14)17(20)19(2)15-11-7-4-8-12-15/h3-13,16H,18H2,1-2H3. The summed E-state index contributed by atoms with van der Waals surface area (Å²) in [6.45, 7) is 1.87. The van der Waals surface area contributed by atoms with Crippen LogP contribution >= 0.6 is 0 Å². The summed E-state index contributed by atoms with van der Waals surface area (Å²) in [7, 11) is 1.78. The minimum atomic E-state index is -0.296. The monoisotopic (exact) mass is 268 g/mol. The first-order valence-electron chi connectivity index (χ1n) is 6.74. The summed E-state index contributed by atoms with van der Waals surface area (Å²) in [6, 6.07) is 19.0. The zero-order valence-corrected chi connectivity index (χ0v) is 11.9. The first kappa shape index (κ1) is 14.3. The molecule has 0 spiro atoms. The fraction of sp³-hybridized carbons (Fsp3) is 0.235. The first-order valence-corrected chi connectivity index (χ1v) is 6.74. The molecule has 3 heteroatoms. The lowest BCUT2D eigenvalue weighted by atomic mass is 9.94. The van der Waals surface area contributed by atoms with Crippen LogP contribution in [0.25, 0.3) is 0 Å². The van der Waals surface area contributed by atoms with Gasteiger partial charge >= 0.3 is 0 Å². The molecule has 20 heavy (non-hydrogen) atoms. The molecule has 0 fully saturated rings. The normalized spacial score (nSPS) is 13.6. The number of anilines is 1. The van der Waals surface area contributed by atoms with Crippen molar-refractivity contribution in [2.24, 2.45) is 11.7 Å². The van der Waals surface area contributed by atoms with Gasteiger partial charge in [0.05, 0.1) is 5.92 Å². The number of carbonyl (C=O) groups excluding carboxylic acids is 1. The number of nitrogens with two attached hydrogens (primary N) is 1. The van der Waals surface area contributed by atoms with Crippen molar-refractivity contribution in [3.63, 3.8) is 0 Å². The van der Waals surface area contributed by atoms with Crippen molar-refractivity contribution in [1.29, 1.82) is 0 Å². The predicted octanol–water partition coefficient (Wildman–Crippen LogP) is 2.99. The molecule has 0 aliphatic heterocycles. The lowest BCUT2D eigenvalue weighted by Gasteiger charge is -2.25. The van der Waals surface area contributed by atoms with Crippen LogP contribution < -0.4 is 10.6 Å². The van der Waals surface area contributed by atoms with Crippen LogP contribution in [-0.4, -0.2) is 13.0 Å². The molecule has 104 valence electrons. The molecule has 0 saturated heterocycles. The van der Waals surface area contributed by atoms with Crippen LogP contribution in [0.4, 0.5) is 5.69 Å². The molecule has 3 nitrogen and oxygen atoms in total. The third-order valence-electron chi connectivity index (χ3n) is 3.59. The van der Waals surface area contributed by atoms with Crippen LogP contribution in [0.5, 0.6) is 0 Å². The van der Waals surface area contributed by atoms with E-state index in [4.69, 9.17) is 5.73 Å². The van der Waals surface area contributed by atoms with Crippen LogP contribution in [-0.2, 0) is 4.79 Å². The molecule has 2 N–H and O–H groups in total. The molecule has 0 aromatic heterocycles. The molecule has 0 heterocycles. The highest BCUT2D eigenvalue weighted by molar-refractivity contribution is 5.94. The molecular formula is C17H20N2O. The number of hydrogen-bond acceptors (Lipinski definition) is 2. The number of benzene rings is 2. The van der Waals surface area contributed by atoms with E-state index in [9.17, 15) is 4.79 Å². The van der Waals surface area contributed by atoms with E-state index >= 15 is 0 Å². The van der Waals surface area contributed by atoms with E-state index in [0.717, 1.165) is 11.3 Å². The SMILES string of the molecule is CC(C(=O)N(C)c1ccccc1)C(N)c1ccccc1. The van der Waals surface area contributed by atoms with Gasteiger partial charge in [-0.05, 0) is 17.7 Å². The van der Waals surface area contributed by atoms with Crippen LogP contribution in [0.3, 0.4) is 0 Å². The average molecular weight is 268 g/mol. The number of hydrogen-bond donors (Lipinski definition) is 1. The fourth-order valence-electron chi connectivity index (χ4n) is 2.20. The summed E-state index contributed by atoms with van der Waals surface area (Å²) in [5, 5.41) is 0. The largest absolute Gasteiger partial charge is 0.323 e. The van der Waals surface area contributed by atoms with Crippen molar-refractivity contribution in [2.75, 3.05) is 11.9 Å². The van der Waals surface area contributed by atoms with E-state index < -0.39 is 0 Å². The molecule has 0 radical (unpaired) electrons. The Morgan fingerprint density at radius 1 is 1.00 bits per heavy atom. The molecule has 2 unspecified atom stereocenters. The zero-order valence-electron chi connectivity index (χ0n) is 11.9. The van der Waals surface area contributed by atoms with Gasteiger partial charge in [0.1, 0.15) is 0 Å². The summed E-state index contributed by atoms with van der Waals surface area (Å²) in [6.07, 6.45) is 0. The summed E-state index contributed by atoms with van der Waals surface area (Å²) in [4.78, 5) is 14.2. The average Bonchev–Trinajstić information content (AvgIpc) is 2.53. The quantitative estimate of drug-likeness (QED) is 0.926. The summed E-state index contributed by atoms with van der Waals surface area (Å²) >= 11 is 0. The lowest BCUT2D eigenvalue weighted by Crippen LogP contribution is -2.37. The van der Waals surface area contributed by atoms with E-state index in [1.54, 1.807) is 11.9 Å². The Balaban J connectivity index is 2.13. The maximum atomic E-state index is 12.5. The summed E-state index contributed by atoms with van der Waals surface area (Å²) < 4.78 is 0. The van der Waals surface area contributed by atoms with Gasteiger partial charge in [-0.15, -0.1) is 0 Å². The highest BCUT2D eigenvalue weighted by Crippen LogP contribution is 2.23. The highest BCUT2D eigenvalue weighted by atomic mass is 16.2. The molecule has 2 atom stereocenters. The minimum absolute atomic E-state index is 0.0209. The van der Waals surface area contributed by atoms with Crippen LogP contribution in [0.2, 0.25) is 0 Å². The fourth-order valence-corrected chi connectivity index (χ4v) is 2.20. The van der Waals surface area contributed by atoms with Crippen molar-refractivity contribution in [1.82, 2.24) is 0 Å². The van der Waals surface area contributed by atoms with Crippen molar-refractivity contribution in [3.05, 3.63) is 66.2 Å². The Labute approximate surface area is 120 Å². The van der Waals surface area contributed by atoms with E-state index in [1.807, 2.05) is 67.6 Å². The molecule has 2 aromatic carbocycles. The van der Waals surface area contributed by atoms with Crippen molar-refractivity contribution < 1.29 is 4.79 Å². The lowest BCUT2D eigenvalue weighted by molar-refractivity contribution is -0.122. The van der Waals surface area contributed by atoms with Gasteiger partial charge in [0.2, 0.25) is 5.91 Å². The smallest absolute Gasteiger partial charge is 0.231 e. The number of nitrogens with zero attached hydrogens (tertiary/aromatic N) is 1. The number of amides is 1. The molecule has 1 amide bonds. The van der Waals surface area contributed by atoms with Crippen LogP contribution in [0.15, 0.2) is 60.7 Å². The molecule has 0 bridgehead atoms. The molecule has 0 saturated carbocycles. The van der Waals surface area contributed by atoms with Crippen molar-refractivity contribution in [3.8, 4) is 0 Å². The van der Waals surface area contributed by atoms with Gasteiger partial charge in [-0.25, -0.2) is 0 Å². The third kappa shape index (κ3) is 3.06. The summed E-state index contributed by atoms with van der Waals surface area (Å²) in [5.74, 6) is -0.254. The first-order chi connectivity index (χ1) is 9.61. The molecule has 0 aliphatic rings. The topological polar surface area (TPSA) is 46.3 Å². The van der Waals surface area contributed by atoms with Gasteiger partial charge in [-0.1, -0.05) is 55.5 Å². The van der Waals surface area contributed by atoms with Crippen LogP contribution in [0, 0.1) is 5.92 Å². The maximum Gasteiger partial charge on any atom is 0.231 e. The van der Waals surface area contributed by atoms with Gasteiger partial charge in [-0.2, -0.15) is 0 Å². The summed E-state index contributed by atoms with van der Waals surface area (Å²) in [5.41, 5.74) is 8.07. The Hall–Kier alpha value is -2.13. The van der Waals surface area contributed by atoms with E-state index in [0.29, 0.717) is 0 Å². The number of para-hydroxylation sites is 1. The maximum absolute atomic E-state index is 12.5. The Morgan fingerprint density at radius 3 is 2.05 bits per heavy atom. The Morgan fingerprint density at radius 2 is 1.50 bits per heavy atom. The molecular weight excluding hydrogens is 248 g/mol. The second-order valence-electron chi connectivity index (χ2n) is 4.96. The Bertz CT molecular complexity index is 554. The predicted molar refractivity (Wildman–Crippen MR) is 82.4 cm³/mol. The van der Waals surface area contributed by atoms with Gasteiger partial charge in [0, 0.05) is 18.8 Å². The van der Waals surface area contributed by atoms with Crippen molar-refractivity contribution >= 4 is 11.6 Å². The van der Waals surface area contributed by atoms with Gasteiger partial charge in [0.15, 0.2) is 0 Å². The van der Waals surface area contributed by atoms with E-state index in [1.165, 1.54) is 0 Å². The minimum Gasteiger partial charge on any atom is -0.323 e. The van der Waals surface area contributed by atoms with Gasteiger partial charge in [-0.3, -0.25) is 4.79 Å². The zero-order chi connectivity index (χ0) is 14.5. The van der Waals surface area contributed by atoms with E-state index in [-0.39, 0.29) is 17.9 Å².